The molecule has 0 rings (SSSR count). The number of rotatable bonds is 5. The minimum atomic E-state index is 1.15. The maximum Gasteiger partial charge on any atom is 0.0277 e. The Morgan fingerprint density at radius 3 is 2.55 bits per heavy atom. The summed E-state index contributed by atoms with van der Waals surface area (Å²) in [5, 5.41) is 0. The van der Waals surface area contributed by atoms with Gasteiger partial charge in [0.05, 0.1) is 0 Å². The lowest BCUT2D eigenvalue weighted by molar-refractivity contribution is 0.868. The van der Waals surface area contributed by atoms with Crippen LogP contribution in [-0.2, 0) is 0 Å². The molecule has 0 spiro atoms. The molecular weight excluding hydrogens is 134 g/mol. The van der Waals surface area contributed by atoms with Gasteiger partial charge in [0.2, 0.25) is 0 Å². The van der Waals surface area contributed by atoms with Crippen molar-refractivity contribution >= 4 is 6.21 Å². The highest BCUT2D eigenvalue weighted by Crippen LogP contribution is 1.96. The third-order valence-corrected chi connectivity index (χ3v) is 1.35. The first kappa shape index (κ1) is 10.2. The SMILES string of the molecule is CC=CCCC/C=C/C=NC. The van der Waals surface area contributed by atoms with Gasteiger partial charge in [0.25, 0.3) is 0 Å². The maximum atomic E-state index is 3.84. The van der Waals surface area contributed by atoms with E-state index in [9.17, 15) is 0 Å². The van der Waals surface area contributed by atoms with Crippen molar-refractivity contribution in [3.8, 4) is 0 Å². The summed E-state index contributed by atoms with van der Waals surface area (Å²) in [5.41, 5.74) is 0. The number of hydrogen-bond acceptors (Lipinski definition) is 1. The zero-order valence-corrected chi connectivity index (χ0v) is 7.46. The summed E-state index contributed by atoms with van der Waals surface area (Å²) in [6.45, 7) is 2.06. The van der Waals surface area contributed by atoms with Gasteiger partial charge in [0.15, 0.2) is 0 Å². The molecule has 0 unspecified atom stereocenters. The van der Waals surface area contributed by atoms with E-state index in [2.05, 4.69) is 30.1 Å². The largest absolute Gasteiger partial charge is 0.297 e. The normalized spacial score (nSPS) is 12.5. The van der Waals surface area contributed by atoms with Gasteiger partial charge in [-0.2, -0.15) is 0 Å². The Kier molecular flexibility index (Phi) is 8.44. The Morgan fingerprint density at radius 2 is 1.91 bits per heavy atom. The molecule has 0 amide bonds. The molecule has 0 aromatic carbocycles. The second-order valence-electron chi connectivity index (χ2n) is 2.34. The van der Waals surface area contributed by atoms with Crippen LogP contribution in [0, 0.1) is 0 Å². The number of unbranched alkanes of at least 4 members (excludes halogenated alkanes) is 2. The predicted octanol–water partition coefficient (Wildman–Crippen LogP) is 2.99. The molecule has 0 aliphatic rings. The monoisotopic (exact) mass is 151 g/mol. The van der Waals surface area contributed by atoms with Crippen molar-refractivity contribution in [2.45, 2.75) is 26.2 Å². The van der Waals surface area contributed by atoms with Crippen LogP contribution in [0.1, 0.15) is 26.2 Å². The van der Waals surface area contributed by atoms with Crippen LogP contribution in [-0.4, -0.2) is 13.3 Å². The van der Waals surface area contributed by atoms with E-state index in [1.807, 2.05) is 12.3 Å². The van der Waals surface area contributed by atoms with E-state index < -0.39 is 0 Å². The fourth-order valence-electron chi connectivity index (χ4n) is 0.763. The maximum absolute atomic E-state index is 3.84. The van der Waals surface area contributed by atoms with Crippen molar-refractivity contribution in [3.63, 3.8) is 0 Å². The zero-order valence-electron chi connectivity index (χ0n) is 7.46. The minimum absolute atomic E-state index is 1.15. The highest BCUT2D eigenvalue weighted by atomic mass is 14.6. The molecule has 0 aliphatic heterocycles. The summed E-state index contributed by atoms with van der Waals surface area (Å²) in [7, 11) is 1.78. The molecule has 0 aromatic rings. The highest BCUT2D eigenvalue weighted by molar-refractivity contribution is 5.70. The van der Waals surface area contributed by atoms with Gasteiger partial charge in [-0.3, -0.25) is 4.99 Å². The molecule has 1 nitrogen and oxygen atoms in total. The first-order chi connectivity index (χ1) is 5.41. The lowest BCUT2D eigenvalue weighted by Crippen LogP contribution is -1.69. The summed E-state index contributed by atoms with van der Waals surface area (Å²) in [6, 6.07) is 0. The summed E-state index contributed by atoms with van der Waals surface area (Å²) >= 11 is 0. The molecule has 0 saturated carbocycles. The Morgan fingerprint density at radius 1 is 1.18 bits per heavy atom. The van der Waals surface area contributed by atoms with Crippen LogP contribution in [0.25, 0.3) is 0 Å². The Bertz CT molecular complexity index is 143. The van der Waals surface area contributed by atoms with Gasteiger partial charge in [-0.05, 0) is 32.3 Å². The van der Waals surface area contributed by atoms with Crippen molar-refractivity contribution in [1.29, 1.82) is 0 Å². The van der Waals surface area contributed by atoms with Crippen LogP contribution in [0.3, 0.4) is 0 Å². The highest BCUT2D eigenvalue weighted by Gasteiger charge is 1.77. The fraction of sp³-hybridized carbons (Fsp3) is 0.500. The van der Waals surface area contributed by atoms with E-state index in [-0.39, 0.29) is 0 Å². The standard InChI is InChI=1S/C10H17N/c1-3-4-5-6-7-8-9-10-11-2/h3-4,8-10H,5-7H2,1-2H3/b4-3?,9-8+,11-10?. The molecule has 62 valence electrons. The summed E-state index contributed by atoms with van der Waals surface area (Å²) in [6.07, 6.45) is 13.8. The molecule has 0 atom stereocenters. The van der Waals surface area contributed by atoms with Crippen molar-refractivity contribution < 1.29 is 0 Å². The molecule has 0 fully saturated rings. The van der Waals surface area contributed by atoms with Crippen LogP contribution in [0.5, 0.6) is 0 Å². The summed E-state index contributed by atoms with van der Waals surface area (Å²) < 4.78 is 0. The molecule has 0 aromatic heterocycles. The lowest BCUT2D eigenvalue weighted by Gasteiger charge is -1.87. The van der Waals surface area contributed by atoms with E-state index in [1.54, 1.807) is 7.05 Å². The van der Waals surface area contributed by atoms with Gasteiger partial charge in [-0.1, -0.05) is 18.2 Å². The number of allylic oxidation sites excluding steroid dienone is 4. The quantitative estimate of drug-likeness (QED) is 0.325. The van der Waals surface area contributed by atoms with Gasteiger partial charge >= 0.3 is 0 Å². The van der Waals surface area contributed by atoms with E-state index in [4.69, 9.17) is 0 Å². The van der Waals surface area contributed by atoms with Gasteiger partial charge in [0.1, 0.15) is 0 Å². The van der Waals surface area contributed by atoms with E-state index in [0.717, 1.165) is 6.42 Å². The van der Waals surface area contributed by atoms with Crippen LogP contribution in [0.2, 0.25) is 0 Å². The van der Waals surface area contributed by atoms with E-state index in [1.165, 1.54) is 12.8 Å². The minimum Gasteiger partial charge on any atom is -0.297 e. The van der Waals surface area contributed by atoms with Crippen molar-refractivity contribution in [3.05, 3.63) is 24.3 Å². The molecule has 0 saturated heterocycles. The molecule has 0 radical (unpaired) electrons. The number of nitrogens with zero attached hydrogens (tertiary/aromatic N) is 1. The predicted molar refractivity (Wildman–Crippen MR) is 52.2 cm³/mol. The molecule has 11 heavy (non-hydrogen) atoms. The second-order valence-corrected chi connectivity index (χ2v) is 2.34. The van der Waals surface area contributed by atoms with Gasteiger partial charge in [-0.15, -0.1) is 0 Å². The van der Waals surface area contributed by atoms with Gasteiger partial charge in [0, 0.05) is 13.3 Å². The molecule has 1 heteroatoms. The topological polar surface area (TPSA) is 12.4 Å². The average molecular weight is 151 g/mol. The van der Waals surface area contributed by atoms with E-state index >= 15 is 0 Å². The second kappa shape index (κ2) is 9.15. The number of aliphatic imine (C=N–C) groups is 1. The first-order valence-corrected chi connectivity index (χ1v) is 4.10. The van der Waals surface area contributed by atoms with Crippen LogP contribution in [0.4, 0.5) is 0 Å². The zero-order chi connectivity index (χ0) is 8.36. The van der Waals surface area contributed by atoms with Gasteiger partial charge < -0.3 is 0 Å². The fourth-order valence-corrected chi connectivity index (χ4v) is 0.763. The average Bonchev–Trinajstić information content (AvgIpc) is 2.03. The molecule has 0 bridgehead atoms. The van der Waals surface area contributed by atoms with Crippen LogP contribution in [0.15, 0.2) is 29.3 Å². The van der Waals surface area contributed by atoms with E-state index in [0.29, 0.717) is 0 Å². The molecule has 0 aliphatic carbocycles. The van der Waals surface area contributed by atoms with Crippen LogP contribution >= 0.6 is 0 Å². The summed E-state index contributed by atoms with van der Waals surface area (Å²) in [5.74, 6) is 0. The van der Waals surface area contributed by atoms with Gasteiger partial charge in [-0.25, -0.2) is 0 Å². The van der Waals surface area contributed by atoms with Crippen molar-refractivity contribution in [2.24, 2.45) is 4.99 Å². The smallest absolute Gasteiger partial charge is 0.0277 e. The Balaban J connectivity index is 3.13. The third-order valence-electron chi connectivity index (χ3n) is 1.35. The van der Waals surface area contributed by atoms with Crippen molar-refractivity contribution in [2.75, 3.05) is 7.05 Å². The van der Waals surface area contributed by atoms with Crippen LogP contribution < -0.4 is 0 Å². The molecule has 0 heterocycles. The molecule has 0 N–H and O–H groups in total. The number of hydrogen-bond donors (Lipinski definition) is 0. The lowest BCUT2D eigenvalue weighted by atomic mass is 10.2. The Labute approximate surface area is 69.5 Å². The Hall–Kier alpha value is -0.850. The van der Waals surface area contributed by atoms with Crippen molar-refractivity contribution in [1.82, 2.24) is 0 Å². The third kappa shape index (κ3) is 9.15. The first-order valence-electron chi connectivity index (χ1n) is 4.10. The molecular formula is C10H17N. The summed E-state index contributed by atoms with van der Waals surface area (Å²) in [4.78, 5) is 3.84.